The van der Waals surface area contributed by atoms with E-state index in [0.717, 1.165) is 20.1 Å². The minimum absolute atomic E-state index is 0.248. The summed E-state index contributed by atoms with van der Waals surface area (Å²) in [7, 11) is -3.67. The second-order valence-corrected chi connectivity index (χ2v) is 7.85. The fourth-order valence-corrected chi connectivity index (χ4v) is 4.75. The first-order valence-electron chi connectivity index (χ1n) is 6.55. The highest BCUT2D eigenvalue weighted by Gasteiger charge is 2.19. The van der Waals surface area contributed by atoms with Gasteiger partial charge in [0.15, 0.2) is 0 Å². The molecule has 0 fully saturated rings. The molecule has 1 aromatic carbocycles. The number of carbonyl (C=O) groups is 1. The Morgan fingerprint density at radius 2 is 2.04 bits per heavy atom. The number of hydrogen-bond donors (Lipinski definition) is 2. The van der Waals surface area contributed by atoms with Crippen molar-refractivity contribution in [2.24, 2.45) is 0 Å². The highest BCUT2D eigenvalue weighted by molar-refractivity contribution is 7.92. The number of carbonyl (C=O) groups excluding carboxylic acids is 1. The monoisotopic (exact) mass is 348 g/mol. The molecule has 3 rings (SSSR count). The number of hydrogen-bond acceptors (Lipinski definition) is 5. The Kier molecular flexibility index (Phi) is 4.03. The quantitative estimate of drug-likeness (QED) is 0.431. The van der Waals surface area contributed by atoms with Gasteiger partial charge in [0.1, 0.15) is 4.21 Å². The molecule has 0 spiro atoms. The highest BCUT2D eigenvalue weighted by atomic mass is 32.2. The van der Waals surface area contributed by atoms with E-state index < -0.39 is 15.9 Å². The minimum Gasteiger partial charge on any atom is -0.288 e. The third kappa shape index (κ3) is 3.04. The zero-order valence-corrected chi connectivity index (χ0v) is 13.3. The number of amides is 1. The van der Waals surface area contributed by atoms with Crippen LogP contribution in [0.5, 0.6) is 0 Å². The van der Waals surface area contributed by atoms with Crippen molar-refractivity contribution < 1.29 is 18.4 Å². The van der Waals surface area contributed by atoms with E-state index in [1.807, 2.05) is 24.3 Å². The Bertz CT molecular complexity index is 966. The lowest BCUT2D eigenvalue weighted by Gasteiger charge is -2.01. The molecule has 0 atom stereocenters. The summed E-state index contributed by atoms with van der Waals surface area (Å²) in [5, 5.41) is 9.29. The van der Waals surface area contributed by atoms with Crippen molar-refractivity contribution in [2.45, 2.75) is 4.21 Å². The van der Waals surface area contributed by atoms with Gasteiger partial charge >= 0.3 is 0 Å². The minimum atomic E-state index is -3.67. The van der Waals surface area contributed by atoms with Crippen molar-refractivity contribution in [1.29, 1.82) is 0 Å². The molecule has 23 heavy (non-hydrogen) atoms. The Labute approximate surface area is 136 Å². The lowest BCUT2D eigenvalue weighted by molar-refractivity contribution is -0.124. The van der Waals surface area contributed by atoms with Crippen LogP contribution in [0.2, 0.25) is 0 Å². The summed E-state index contributed by atoms with van der Waals surface area (Å²) >= 11 is 1.21. The molecule has 2 aromatic heterocycles. The molecule has 0 saturated heterocycles. The van der Waals surface area contributed by atoms with E-state index in [9.17, 15) is 13.2 Å². The topological polar surface area (TPSA) is 88.4 Å². The van der Waals surface area contributed by atoms with Crippen molar-refractivity contribution in [1.82, 2.24) is 9.45 Å². The van der Waals surface area contributed by atoms with E-state index >= 15 is 0 Å². The smallest absolute Gasteiger partial charge is 0.277 e. The molecule has 0 saturated carbocycles. The predicted octanol–water partition coefficient (Wildman–Crippen LogP) is 2.46. The van der Waals surface area contributed by atoms with Gasteiger partial charge in [0, 0.05) is 23.2 Å². The summed E-state index contributed by atoms with van der Waals surface area (Å²) in [6.45, 7) is 0. The number of rotatable bonds is 4. The first-order chi connectivity index (χ1) is 11.0. The van der Waals surface area contributed by atoms with Crippen LogP contribution in [0.4, 0.5) is 0 Å². The van der Waals surface area contributed by atoms with Crippen molar-refractivity contribution >= 4 is 43.4 Å². The van der Waals surface area contributed by atoms with Gasteiger partial charge in [0.05, 0.1) is 0 Å². The zero-order valence-electron chi connectivity index (χ0n) is 11.7. The van der Waals surface area contributed by atoms with Gasteiger partial charge in [-0.05, 0) is 35.2 Å². The van der Waals surface area contributed by atoms with Gasteiger partial charge in [0.25, 0.3) is 15.9 Å². The van der Waals surface area contributed by atoms with Crippen LogP contribution in [0.15, 0.2) is 59.1 Å². The molecule has 0 unspecified atom stereocenters. The van der Waals surface area contributed by atoms with Gasteiger partial charge in [-0.25, -0.2) is 9.45 Å². The van der Waals surface area contributed by atoms with E-state index in [-0.39, 0.29) is 4.21 Å². The van der Waals surface area contributed by atoms with Crippen LogP contribution in [0.3, 0.4) is 0 Å². The summed E-state index contributed by atoms with van der Waals surface area (Å²) in [5.74, 6) is -0.690. The molecule has 1 amide bonds. The van der Waals surface area contributed by atoms with Crippen molar-refractivity contribution in [3.8, 4) is 0 Å². The number of benzene rings is 1. The lowest BCUT2D eigenvalue weighted by Crippen LogP contribution is -2.14. The van der Waals surface area contributed by atoms with Crippen LogP contribution >= 0.6 is 11.3 Å². The summed E-state index contributed by atoms with van der Waals surface area (Å²) in [5.41, 5.74) is 1.99. The Morgan fingerprint density at radius 3 is 2.78 bits per heavy atom. The van der Waals surface area contributed by atoms with Gasteiger partial charge in [0.2, 0.25) is 0 Å². The molecular formula is C15H12N2O4S2. The van der Waals surface area contributed by atoms with Crippen LogP contribution < -0.4 is 5.48 Å². The van der Waals surface area contributed by atoms with Gasteiger partial charge in [-0.15, -0.1) is 11.3 Å². The number of thiophene rings is 1. The van der Waals surface area contributed by atoms with Crippen molar-refractivity contribution in [3.63, 3.8) is 0 Å². The molecule has 6 nitrogen and oxygen atoms in total. The maximum Gasteiger partial charge on any atom is 0.277 e. The molecule has 3 aromatic rings. The summed E-state index contributed by atoms with van der Waals surface area (Å²) < 4.78 is 27.5. The maximum atomic E-state index is 12.6. The summed E-state index contributed by atoms with van der Waals surface area (Å²) in [4.78, 5) is 10.9. The molecular weight excluding hydrogens is 336 g/mol. The molecule has 2 N–H and O–H groups in total. The van der Waals surface area contributed by atoms with Gasteiger partial charge in [-0.3, -0.25) is 10.0 Å². The Balaban J connectivity index is 1.95. The SMILES string of the molecule is O=C(/C=C/c1ccn(S(=O)(=O)c2cc3ccccc3s2)c1)NO. The molecule has 0 radical (unpaired) electrons. The van der Waals surface area contributed by atoms with Crippen LogP contribution in [-0.2, 0) is 14.8 Å². The molecule has 0 aliphatic heterocycles. The number of fused-ring (bicyclic) bond motifs is 1. The Hall–Kier alpha value is -2.42. The van der Waals surface area contributed by atoms with E-state index in [1.165, 1.54) is 35.3 Å². The van der Waals surface area contributed by atoms with E-state index in [2.05, 4.69) is 0 Å². The second-order valence-electron chi connectivity index (χ2n) is 4.69. The zero-order chi connectivity index (χ0) is 16.4. The molecule has 0 aliphatic rings. The van der Waals surface area contributed by atoms with Crippen molar-refractivity contribution in [3.05, 3.63) is 60.4 Å². The maximum absolute atomic E-state index is 12.6. The van der Waals surface area contributed by atoms with Crippen molar-refractivity contribution in [2.75, 3.05) is 0 Å². The molecule has 118 valence electrons. The molecule has 2 heterocycles. The third-order valence-electron chi connectivity index (χ3n) is 3.16. The van der Waals surface area contributed by atoms with E-state index in [0.29, 0.717) is 5.56 Å². The standard InChI is InChI=1S/C15H12N2O4S2/c18-14(16-19)6-5-11-7-8-17(10-11)23(20,21)15-9-12-3-1-2-4-13(12)22-15/h1-10,19H,(H,16,18)/b6-5+. The van der Waals surface area contributed by atoms with Gasteiger partial charge in [-0.2, -0.15) is 8.42 Å². The predicted molar refractivity (Wildman–Crippen MR) is 87.8 cm³/mol. The number of nitrogens with zero attached hydrogens (tertiary/aromatic N) is 1. The average Bonchev–Trinajstić information content (AvgIpc) is 3.19. The molecule has 8 heteroatoms. The number of hydroxylamine groups is 1. The summed E-state index contributed by atoms with van der Waals surface area (Å²) in [6, 6.07) is 10.7. The average molecular weight is 348 g/mol. The number of aromatic nitrogens is 1. The number of nitrogens with one attached hydrogen (secondary N) is 1. The van der Waals surface area contributed by atoms with Gasteiger partial charge < -0.3 is 0 Å². The van der Waals surface area contributed by atoms with Crippen LogP contribution in [0, 0.1) is 0 Å². The first kappa shape index (κ1) is 15.5. The molecule has 0 bridgehead atoms. The van der Waals surface area contributed by atoms with Crippen LogP contribution in [0.25, 0.3) is 16.2 Å². The van der Waals surface area contributed by atoms with E-state index in [1.54, 1.807) is 12.1 Å². The largest absolute Gasteiger partial charge is 0.288 e. The fraction of sp³-hybridized carbons (Fsp3) is 0. The fourth-order valence-electron chi connectivity index (χ4n) is 2.04. The lowest BCUT2D eigenvalue weighted by atomic mass is 10.3. The van der Waals surface area contributed by atoms with Gasteiger partial charge in [-0.1, -0.05) is 18.2 Å². The van der Waals surface area contributed by atoms with Crippen LogP contribution in [0.1, 0.15) is 5.56 Å². The molecule has 0 aliphatic carbocycles. The second kappa shape index (κ2) is 5.99. The van der Waals surface area contributed by atoms with Crippen LogP contribution in [-0.4, -0.2) is 23.5 Å². The van der Waals surface area contributed by atoms with E-state index in [4.69, 9.17) is 5.21 Å². The Morgan fingerprint density at radius 1 is 1.26 bits per heavy atom. The normalized spacial score (nSPS) is 12.0. The highest BCUT2D eigenvalue weighted by Crippen LogP contribution is 2.30. The summed E-state index contributed by atoms with van der Waals surface area (Å²) in [6.07, 6.45) is 5.32. The first-order valence-corrected chi connectivity index (χ1v) is 8.81. The third-order valence-corrected chi connectivity index (χ3v) is 6.36.